The lowest BCUT2D eigenvalue weighted by Crippen LogP contribution is -2.44. The van der Waals surface area contributed by atoms with Gasteiger partial charge in [0.25, 0.3) is 5.91 Å². The van der Waals surface area contributed by atoms with Crippen molar-refractivity contribution in [3.8, 4) is 0 Å². The SMILES string of the molecule is CCc1c(C(=O)NCC(C)N2CCc3ccccc3C2)cnn1Cc1ccccc1. The number of hydrogen-bond donors (Lipinski definition) is 1. The Labute approximate surface area is 178 Å². The average Bonchev–Trinajstić information content (AvgIpc) is 3.20. The molecule has 4 rings (SSSR count). The Morgan fingerprint density at radius 1 is 1.10 bits per heavy atom. The van der Waals surface area contributed by atoms with Crippen LogP contribution in [0.25, 0.3) is 0 Å². The van der Waals surface area contributed by atoms with Gasteiger partial charge in [0, 0.05) is 25.7 Å². The predicted molar refractivity (Wildman–Crippen MR) is 120 cm³/mol. The largest absolute Gasteiger partial charge is 0.350 e. The van der Waals surface area contributed by atoms with Gasteiger partial charge >= 0.3 is 0 Å². The first-order valence-corrected chi connectivity index (χ1v) is 10.8. The average molecular weight is 403 g/mol. The second-order valence-corrected chi connectivity index (χ2v) is 8.05. The molecule has 1 amide bonds. The zero-order valence-electron chi connectivity index (χ0n) is 17.8. The van der Waals surface area contributed by atoms with Crippen LogP contribution in [0.3, 0.4) is 0 Å². The molecule has 0 saturated heterocycles. The summed E-state index contributed by atoms with van der Waals surface area (Å²) in [6, 6.07) is 19.2. The maximum absolute atomic E-state index is 12.9. The fourth-order valence-electron chi connectivity index (χ4n) is 4.22. The lowest BCUT2D eigenvalue weighted by atomic mass is 9.99. The number of nitrogens with zero attached hydrogens (tertiary/aromatic N) is 3. The van der Waals surface area contributed by atoms with Crippen LogP contribution in [-0.2, 0) is 25.9 Å². The van der Waals surface area contributed by atoms with Crippen molar-refractivity contribution in [2.24, 2.45) is 0 Å². The van der Waals surface area contributed by atoms with Crippen LogP contribution in [0.15, 0.2) is 60.8 Å². The van der Waals surface area contributed by atoms with E-state index in [0.717, 1.165) is 31.6 Å². The summed E-state index contributed by atoms with van der Waals surface area (Å²) in [5.74, 6) is -0.0320. The van der Waals surface area contributed by atoms with Crippen molar-refractivity contribution < 1.29 is 4.79 Å². The van der Waals surface area contributed by atoms with E-state index in [1.54, 1.807) is 6.20 Å². The topological polar surface area (TPSA) is 50.2 Å². The number of aromatic nitrogens is 2. The molecule has 3 aromatic rings. The lowest BCUT2D eigenvalue weighted by Gasteiger charge is -2.33. The third-order valence-corrected chi connectivity index (χ3v) is 6.04. The molecule has 1 atom stereocenters. The first kappa shape index (κ1) is 20.4. The Hall–Kier alpha value is -2.92. The van der Waals surface area contributed by atoms with Crippen LogP contribution in [0.1, 0.15) is 46.6 Å². The second-order valence-electron chi connectivity index (χ2n) is 8.05. The normalized spacial score (nSPS) is 14.9. The standard InChI is InChI=1S/C25H30N4O/c1-3-24-23(16-27-29(24)17-20-9-5-4-6-10-20)25(30)26-15-19(2)28-14-13-21-11-7-8-12-22(21)18-28/h4-12,16,19H,3,13-15,17-18H2,1-2H3,(H,26,30). The van der Waals surface area contributed by atoms with Gasteiger partial charge in [-0.15, -0.1) is 0 Å². The van der Waals surface area contributed by atoms with Crippen LogP contribution in [0, 0.1) is 0 Å². The summed E-state index contributed by atoms with van der Waals surface area (Å²) in [4.78, 5) is 15.3. The molecule has 5 nitrogen and oxygen atoms in total. The van der Waals surface area contributed by atoms with Crippen LogP contribution in [0.2, 0.25) is 0 Å². The summed E-state index contributed by atoms with van der Waals surface area (Å²) in [7, 11) is 0. The van der Waals surface area contributed by atoms with Gasteiger partial charge in [-0.3, -0.25) is 14.4 Å². The molecule has 30 heavy (non-hydrogen) atoms. The van der Waals surface area contributed by atoms with E-state index in [2.05, 4.69) is 65.6 Å². The summed E-state index contributed by atoms with van der Waals surface area (Å²) in [6.07, 6.45) is 3.55. The summed E-state index contributed by atoms with van der Waals surface area (Å²) in [6.45, 7) is 7.55. The molecule has 1 N–H and O–H groups in total. The van der Waals surface area contributed by atoms with Gasteiger partial charge in [-0.05, 0) is 36.5 Å². The highest BCUT2D eigenvalue weighted by atomic mass is 16.1. The first-order chi connectivity index (χ1) is 14.7. The third-order valence-electron chi connectivity index (χ3n) is 6.04. The fraction of sp³-hybridized carbons (Fsp3) is 0.360. The number of carbonyl (C=O) groups is 1. The Morgan fingerprint density at radius 3 is 2.60 bits per heavy atom. The molecule has 2 heterocycles. The van der Waals surface area contributed by atoms with Crippen LogP contribution in [0.5, 0.6) is 0 Å². The highest BCUT2D eigenvalue weighted by Gasteiger charge is 2.22. The molecule has 5 heteroatoms. The van der Waals surface area contributed by atoms with E-state index in [0.29, 0.717) is 18.7 Å². The van der Waals surface area contributed by atoms with Crippen molar-refractivity contribution in [2.75, 3.05) is 13.1 Å². The van der Waals surface area contributed by atoms with Crippen molar-refractivity contribution >= 4 is 5.91 Å². The van der Waals surface area contributed by atoms with Gasteiger partial charge < -0.3 is 5.32 Å². The maximum Gasteiger partial charge on any atom is 0.254 e. The monoisotopic (exact) mass is 402 g/mol. The van der Waals surface area contributed by atoms with Crippen LogP contribution in [-0.4, -0.2) is 39.7 Å². The number of hydrogen-bond acceptors (Lipinski definition) is 3. The van der Waals surface area contributed by atoms with Crippen molar-refractivity contribution in [2.45, 2.75) is 45.8 Å². The zero-order chi connectivity index (χ0) is 20.9. The molecule has 1 aliphatic rings. The number of benzene rings is 2. The second kappa shape index (κ2) is 9.26. The van der Waals surface area contributed by atoms with Crippen LogP contribution >= 0.6 is 0 Å². The number of rotatable bonds is 7. The van der Waals surface area contributed by atoms with Gasteiger partial charge in [0.15, 0.2) is 0 Å². The lowest BCUT2D eigenvalue weighted by molar-refractivity contribution is 0.0931. The molecule has 1 aliphatic heterocycles. The quantitative estimate of drug-likeness (QED) is 0.656. The maximum atomic E-state index is 12.9. The van der Waals surface area contributed by atoms with Gasteiger partial charge in [-0.1, -0.05) is 61.5 Å². The number of fused-ring (bicyclic) bond motifs is 1. The highest BCUT2D eigenvalue weighted by Crippen LogP contribution is 2.20. The van der Waals surface area contributed by atoms with Gasteiger partial charge in [-0.2, -0.15) is 5.10 Å². The zero-order valence-corrected chi connectivity index (χ0v) is 17.8. The fourth-order valence-corrected chi connectivity index (χ4v) is 4.22. The summed E-state index contributed by atoms with van der Waals surface area (Å²) >= 11 is 0. The van der Waals surface area contributed by atoms with Crippen molar-refractivity contribution in [3.63, 3.8) is 0 Å². The molecule has 0 saturated carbocycles. The minimum atomic E-state index is -0.0320. The predicted octanol–water partition coefficient (Wildman–Crippen LogP) is 3.67. The Balaban J connectivity index is 1.37. The highest BCUT2D eigenvalue weighted by molar-refractivity contribution is 5.95. The summed E-state index contributed by atoms with van der Waals surface area (Å²) in [5, 5.41) is 7.63. The van der Waals surface area contributed by atoms with E-state index < -0.39 is 0 Å². The molecular weight excluding hydrogens is 372 g/mol. The number of nitrogens with one attached hydrogen (secondary N) is 1. The molecule has 0 spiro atoms. The van der Waals surface area contributed by atoms with Gasteiger partial charge in [0.1, 0.15) is 0 Å². The van der Waals surface area contributed by atoms with Crippen molar-refractivity contribution in [1.29, 1.82) is 0 Å². The summed E-state index contributed by atoms with van der Waals surface area (Å²) < 4.78 is 1.94. The van der Waals surface area contributed by atoms with Crippen molar-refractivity contribution in [3.05, 3.63) is 88.7 Å². The number of carbonyl (C=O) groups excluding carboxylic acids is 1. The molecule has 0 radical (unpaired) electrons. The Morgan fingerprint density at radius 2 is 1.83 bits per heavy atom. The number of amides is 1. The molecule has 2 aromatic carbocycles. The van der Waals surface area contributed by atoms with E-state index >= 15 is 0 Å². The molecule has 0 fully saturated rings. The minimum absolute atomic E-state index is 0.0320. The van der Waals surface area contributed by atoms with Gasteiger partial charge in [0.2, 0.25) is 0 Å². The van der Waals surface area contributed by atoms with Gasteiger partial charge in [-0.25, -0.2) is 0 Å². The first-order valence-electron chi connectivity index (χ1n) is 10.8. The Bertz CT molecular complexity index is 995. The smallest absolute Gasteiger partial charge is 0.254 e. The molecule has 0 bridgehead atoms. The van der Waals surface area contributed by atoms with E-state index in [9.17, 15) is 4.79 Å². The van der Waals surface area contributed by atoms with E-state index in [1.807, 2.05) is 22.9 Å². The van der Waals surface area contributed by atoms with Crippen molar-refractivity contribution in [1.82, 2.24) is 20.0 Å². The molecule has 1 aromatic heterocycles. The summed E-state index contributed by atoms with van der Waals surface area (Å²) in [5.41, 5.74) is 5.70. The molecule has 1 unspecified atom stereocenters. The van der Waals surface area contributed by atoms with Gasteiger partial charge in [0.05, 0.1) is 24.0 Å². The minimum Gasteiger partial charge on any atom is -0.350 e. The van der Waals surface area contributed by atoms with E-state index in [1.165, 1.54) is 16.7 Å². The third kappa shape index (κ3) is 4.46. The molecule has 156 valence electrons. The molecule has 0 aliphatic carbocycles. The van der Waals surface area contributed by atoms with E-state index in [4.69, 9.17) is 0 Å². The van der Waals surface area contributed by atoms with E-state index in [-0.39, 0.29) is 11.9 Å². The van der Waals surface area contributed by atoms with Crippen LogP contribution in [0.4, 0.5) is 0 Å². The Kier molecular flexibility index (Phi) is 6.29. The van der Waals surface area contributed by atoms with Crippen LogP contribution < -0.4 is 5.32 Å². The molecular formula is C25H30N4O.